The number of piperidine rings is 1. The van der Waals surface area contributed by atoms with Gasteiger partial charge in [0, 0.05) is 17.6 Å². The number of sulfone groups is 1. The van der Waals surface area contributed by atoms with E-state index in [1.54, 1.807) is 24.3 Å². The van der Waals surface area contributed by atoms with E-state index in [9.17, 15) is 8.42 Å². The van der Waals surface area contributed by atoms with Crippen molar-refractivity contribution in [3.63, 3.8) is 0 Å². The number of rotatable bonds is 6. The predicted octanol–water partition coefficient (Wildman–Crippen LogP) is 2.15. The number of nitrogens with zero attached hydrogens (tertiary/aromatic N) is 1. The molecular formula is C15H23BrN2O2S. The van der Waals surface area contributed by atoms with Gasteiger partial charge < -0.3 is 10.2 Å². The molecule has 1 aromatic carbocycles. The van der Waals surface area contributed by atoms with E-state index in [1.807, 2.05) is 7.05 Å². The van der Waals surface area contributed by atoms with Crippen LogP contribution in [-0.2, 0) is 9.84 Å². The largest absolute Gasteiger partial charge is 0.316 e. The van der Waals surface area contributed by atoms with Crippen molar-refractivity contribution < 1.29 is 8.42 Å². The van der Waals surface area contributed by atoms with Crippen molar-refractivity contribution in [2.45, 2.75) is 17.7 Å². The highest BCUT2D eigenvalue weighted by atomic mass is 79.9. The van der Waals surface area contributed by atoms with Crippen LogP contribution in [0.2, 0.25) is 0 Å². The molecule has 1 N–H and O–H groups in total. The molecule has 118 valence electrons. The Hall–Kier alpha value is -0.430. The van der Waals surface area contributed by atoms with Crippen molar-refractivity contribution in [3.8, 4) is 0 Å². The molecule has 0 radical (unpaired) electrons. The molecule has 21 heavy (non-hydrogen) atoms. The van der Waals surface area contributed by atoms with Gasteiger partial charge in [-0.05, 0) is 63.2 Å². The van der Waals surface area contributed by atoms with Gasteiger partial charge in [0.05, 0.1) is 10.6 Å². The van der Waals surface area contributed by atoms with Crippen LogP contribution in [-0.4, -0.2) is 52.3 Å². The Morgan fingerprint density at radius 1 is 1.33 bits per heavy atom. The molecule has 1 aliphatic rings. The summed E-state index contributed by atoms with van der Waals surface area (Å²) in [5, 5.41) is 3.39. The second kappa shape index (κ2) is 7.72. The lowest BCUT2D eigenvalue weighted by Crippen LogP contribution is -2.38. The summed E-state index contributed by atoms with van der Waals surface area (Å²) in [6.45, 7) is 3.69. The minimum absolute atomic E-state index is 0.172. The molecule has 1 unspecified atom stereocenters. The molecule has 1 heterocycles. The third-order valence-electron chi connectivity index (χ3n) is 3.88. The summed E-state index contributed by atoms with van der Waals surface area (Å²) in [6, 6.07) is 6.85. The van der Waals surface area contributed by atoms with Crippen molar-refractivity contribution >= 4 is 25.8 Å². The highest BCUT2D eigenvalue weighted by molar-refractivity contribution is 9.10. The summed E-state index contributed by atoms with van der Waals surface area (Å²) in [5.41, 5.74) is 0. The van der Waals surface area contributed by atoms with E-state index >= 15 is 0 Å². The second-order valence-corrected chi connectivity index (χ2v) is 8.77. The fourth-order valence-electron chi connectivity index (χ4n) is 2.65. The lowest BCUT2D eigenvalue weighted by molar-refractivity contribution is 0.252. The number of hydrogen-bond acceptors (Lipinski definition) is 4. The molecule has 0 bridgehead atoms. The van der Waals surface area contributed by atoms with Gasteiger partial charge in [-0.25, -0.2) is 8.42 Å². The van der Waals surface area contributed by atoms with E-state index in [1.165, 1.54) is 12.8 Å². The summed E-state index contributed by atoms with van der Waals surface area (Å²) in [4.78, 5) is 2.53. The molecule has 0 spiro atoms. The van der Waals surface area contributed by atoms with Crippen LogP contribution in [0.5, 0.6) is 0 Å². The zero-order valence-corrected chi connectivity index (χ0v) is 14.8. The Morgan fingerprint density at radius 3 is 2.67 bits per heavy atom. The van der Waals surface area contributed by atoms with E-state index in [4.69, 9.17) is 0 Å². The quantitative estimate of drug-likeness (QED) is 0.828. The summed E-state index contributed by atoms with van der Waals surface area (Å²) >= 11 is 3.32. The molecule has 0 aromatic heterocycles. The Balaban J connectivity index is 1.84. The Labute approximate surface area is 136 Å². The fourth-order valence-corrected chi connectivity index (χ4v) is 4.25. The smallest absolute Gasteiger partial charge is 0.179 e. The van der Waals surface area contributed by atoms with Crippen LogP contribution < -0.4 is 5.32 Å². The molecule has 0 saturated carbocycles. The summed E-state index contributed by atoms with van der Waals surface area (Å²) in [7, 11) is -1.19. The van der Waals surface area contributed by atoms with Gasteiger partial charge in [-0.3, -0.25) is 0 Å². The average molecular weight is 375 g/mol. The molecule has 2 rings (SSSR count). The van der Waals surface area contributed by atoms with Crippen molar-refractivity contribution in [2.24, 2.45) is 5.92 Å². The van der Waals surface area contributed by atoms with Crippen LogP contribution in [0.1, 0.15) is 12.8 Å². The summed E-state index contributed by atoms with van der Waals surface area (Å²) in [6.07, 6.45) is 2.45. The van der Waals surface area contributed by atoms with Gasteiger partial charge in [0.25, 0.3) is 0 Å². The molecule has 1 fully saturated rings. The van der Waals surface area contributed by atoms with Gasteiger partial charge in [-0.2, -0.15) is 0 Å². The van der Waals surface area contributed by atoms with Crippen LogP contribution in [0.3, 0.4) is 0 Å². The fraction of sp³-hybridized carbons (Fsp3) is 0.600. The van der Waals surface area contributed by atoms with E-state index in [-0.39, 0.29) is 5.75 Å². The third kappa shape index (κ3) is 5.36. The topological polar surface area (TPSA) is 49.4 Å². The first-order valence-electron chi connectivity index (χ1n) is 7.35. The molecule has 1 saturated heterocycles. The van der Waals surface area contributed by atoms with Crippen molar-refractivity contribution in [2.75, 3.05) is 39.0 Å². The zero-order chi connectivity index (χ0) is 15.3. The molecule has 6 heteroatoms. The maximum atomic E-state index is 12.3. The van der Waals surface area contributed by atoms with Crippen molar-refractivity contribution in [3.05, 3.63) is 28.7 Å². The van der Waals surface area contributed by atoms with Gasteiger partial charge in [0.1, 0.15) is 0 Å². The first-order chi connectivity index (χ1) is 9.97. The predicted molar refractivity (Wildman–Crippen MR) is 89.3 cm³/mol. The lowest BCUT2D eigenvalue weighted by atomic mass is 9.99. The molecule has 1 aromatic rings. The Bertz CT molecular complexity index is 539. The van der Waals surface area contributed by atoms with Crippen LogP contribution in [0.15, 0.2) is 33.6 Å². The maximum absolute atomic E-state index is 12.3. The standard InChI is InChI=1S/C15H23BrN2O2S/c1-18(12-13-3-2-8-17-11-13)9-10-21(19,20)15-6-4-14(16)5-7-15/h4-7,13,17H,2-3,8-12H2,1H3. The van der Waals surface area contributed by atoms with E-state index < -0.39 is 9.84 Å². The third-order valence-corrected chi connectivity index (χ3v) is 6.12. The summed E-state index contributed by atoms with van der Waals surface area (Å²) < 4.78 is 25.5. The average Bonchev–Trinajstić information content (AvgIpc) is 2.47. The van der Waals surface area contributed by atoms with Crippen LogP contribution in [0.25, 0.3) is 0 Å². The maximum Gasteiger partial charge on any atom is 0.179 e. The number of halogens is 1. The molecular weight excluding hydrogens is 352 g/mol. The van der Waals surface area contributed by atoms with E-state index in [0.717, 1.165) is 24.1 Å². The van der Waals surface area contributed by atoms with Crippen LogP contribution >= 0.6 is 15.9 Å². The summed E-state index contributed by atoms with van der Waals surface area (Å²) in [5.74, 6) is 0.810. The van der Waals surface area contributed by atoms with Gasteiger partial charge in [0.15, 0.2) is 9.84 Å². The van der Waals surface area contributed by atoms with Gasteiger partial charge in [0.2, 0.25) is 0 Å². The molecule has 0 aliphatic carbocycles. The minimum atomic E-state index is -3.19. The lowest BCUT2D eigenvalue weighted by Gasteiger charge is -2.27. The molecule has 1 atom stereocenters. The number of nitrogens with one attached hydrogen (secondary N) is 1. The number of benzene rings is 1. The first-order valence-corrected chi connectivity index (χ1v) is 9.79. The number of hydrogen-bond donors (Lipinski definition) is 1. The van der Waals surface area contributed by atoms with Gasteiger partial charge >= 0.3 is 0 Å². The molecule has 1 aliphatic heterocycles. The highest BCUT2D eigenvalue weighted by Gasteiger charge is 2.18. The van der Waals surface area contributed by atoms with Crippen molar-refractivity contribution in [1.82, 2.24) is 10.2 Å². The SMILES string of the molecule is CN(CCS(=O)(=O)c1ccc(Br)cc1)CC1CCCNC1. The molecule has 0 amide bonds. The first kappa shape index (κ1) is 16.9. The minimum Gasteiger partial charge on any atom is -0.316 e. The molecule has 4 nitrogen and oxygen atoms in total. The Kier molecular flexibility index (Phi) is 6.22. The highest BCUT2D eigenvalue weighted by Crippen LogP contribution is 2.16. The Morgan fingerprint density at radius 2 is 2.05 bits per heavy atom. The van der Waals surface area contributed by atoms with Crippen LogP contribution in [0, 0.1) is 5.92 Å². The van der Waals surface area contributed by atoms with Gasteiger partial charge in [-0.15, -0.1) is 0 Å². The van der Waals surface area contributed by atoms with E-state index in [2.05, 4.69) is 26.1 Å². The zero-order valence-electron chi connectivity index (χ0n) is 12.4. The van der Waals surface area contributed by atoms with Crippen LogP contribution in [0.4, 0.5) is 0 Å². The van der Waals surface area contributed by atoms with Gasteiger partial charge in [-0.1, -0.05) is 15.9 Å². The van der Waals surface area contributed by atoms with E-state index in [0.29, 0.717) is 17.4 Å². The monoisotopic (exact) mass is 374 g/mol. The van der Waals surface area contributed by atoms with Crippen molar-refractivity contribution in [1.29, 1.82) is 0 Å². The normalized spacial score (nSPS) is 19.9. The second-order valence-electron chi connectivity index (χ2n) is 5.75.